The lowest BCUT2D eigenvalue weighted by Crippen LogP contribution is -2.44. The van der Waals surface area contributed by atoms with Crippen molar-refractivity contribution in [3.05, 3.63) is 50.6 Å². The number of hydrogen-bond donors (Lipinski definition) is 3. The number of aliphatic hydroxyl groups is 2. The van der Waals surface area contributed by atoms with Gasteiger partial charge in [-0.3, -0.25) is 9.59 Å². The van der Waals surface area contributed by atoms with Crippen LogP contribution in [0.5, 0.6) is 11.5 Å². The highest BCUT2D eigenvalue weighted by Crippen LogP contribution is 2.45. The summed E-state index contributed by atoms with van der Waals surface area (Å²) >= 11 is 0. The summed E-state index contributed by atoms with van der Waals surface area (Å²) in [5, 5.41) is 24.2. The second-order valence-electron chi connectivity index (χ2n) is 10.3. The first kappa shape index (κ1) is 24.0. The highest BCUT2D eigenvalue weighted by Gasteiger charge is 2.45. The van der Waals surface area contributed by atoms with Crippen LogP contribution in [-0.2, 0) is 39.6 Å². The molecule has 3 aromatic rings. The first-order valence-corrected chi connectivity index (χ1v) is 12.8. The topological polar surface area (TPSA) is 149 Å². The normalized spacial score (nSPS) is 21.3. The number of nitrogens with one attached hydrogen (secondary N) is 1. The number of aromatic nitrogens is 2. The minimum absolute atomic E-state index is 0.00494. The molecule has 2 atom stereocenters. The van der Waals surface area contributed by atoms with Crippen LogP contribution in [0.3, 0.4) is 0 Å². The minimum Gasteiger partial charge on any atom is -0.458 e. The Morgan fingerprint density at radius 2 is 2.05 bits per heavy atom. The average molecular weight is 538 g/mol. The lowest BCUT2D eigenvalue weighted by Gasteiger charge is -2.31. The van der Waals surface area contributed by atoms with Crippen LogP contribution in [0.4, 0.5) is 4.39 Å². The number of cyclic esters (lactones) is 1. The predicted octanol–water partition coefficient (Wildman–Crippen LogP) is 1.33. The van der Waals surface area contributed by atoms with Gasteiger partial charge in [0.25, 0.3) is 5.56 Å². The summed E-state index contributed by atoms with van der Waals surface area (Å²) in [5.41, 5.74) is -0.346. The molecule has 1 aliphatic carbocycles. The van der Waals surface area contributed by atoms with Crippen molar-refractivity contribution in [3.63, 3.8) is 0 Å². The second-order valence-corrected chi connectivity index (χ2v) is 10.3. The molecule has 11 nitrogen and oxygen atoms in total. The quantitative estimate of drug-likeness (QED) is 0.321. The SMILES string of the molecule is CC[C@@]1(O)C(=O)OCc2c1cc1n(c2=O)Cc2c-1nc1cc3c(c(F)c1c2CNC(=O)[C@H](O)C1CC1)OCO3. The number of aliphatic hydroxyl groups excluding tert-OH is 1. The molecular weight excluding hydrogens is 513 g/mol. The van der Waals surface area contributed by atoms with Crippen molar-refractivity contribution in [2.24, 2.45) is 5.92 Å². The largest absolute Gasteiger partial charge is 0.458 e. The summed E-state index contributed by atoms with van der Waals surface area (Å²) in [5.74, 6) is -2.09. The first-order chi connectivity index (χ1) is 18.7. The van der Waals surface area contributed by atoms with Gasteiger partial charge in [0, 0.05) is 29.1 Å². The zero-order valence-electron chi connectivity index (χ0n) is 20.9. The van der Waals surface area contributed by atoms with Gasteiger partial charge in [0.1, 0.15) is 12.7 Å². The second kappa shape index (κ2) is 8.23. The van der Waals surface area contributed by atoms with Gasteiger partial charge in [-0.1, -0.05) is 6.92 Å². The fourth-order valence-corrected chi connectivity index (χ4v) is 5.74. The Bertz CT molecular complexity index is 1680. The van der Waals surface area contributed by atoms with Crippen LogP contribution in [0.25, 0.3) is 22.3 Å². The number of rotatable bonds is 5. The van der Waals surface area contributed by atoms with Crippen LogP contribution in [-0.4, -0.2) is 44.5 Å². The van der Waals surface area contributed by atoms with Crippen molar-refractivity contribution in [1.29, 1.82) is 0 Å². The molecule has 0 bridgehead atoms. The lowest BCUT2D eigenvalue weighted by atomic mass is 9.86. The summed E-state index contributed by atoms with van der Waals surface area (Å²) in [7, 11) is 0. The standard InChI is InChI=1S/C27H24FN3O8/c1-2-27(36)15-5-17-21-13(8-31(17)25(34)14(15)9-37-26(27)35)12(7-29-24(33)22(32)11-3-4-11)19-16(30-21)6-18-23(20(19)28)39-10-38-18/h5-6,11,22,32,36H,2-4,7-10H2,1H3,(H,29,33)/t22-,27+/m1/s1. The number of benzene rings is 1. The molecule has 3 N–H and O–H groups in total. The molecule has 1 amide bonds. The number of amides is 1. The van der Waals surface area contributed by atoms with E-state index in [1.54, 1.807) is 13.0 Å². The summed E-state index contributed by atoms with van der Waals surface area (Å²) in [6, 6.07) is 3.10. The molecule has 0 spiro atoms. The van der Waals surface area contributed by atoms with Crippen LogP contribution >= 0.6 is 0 Å². The van der Waals surface area contributed by atoms with E-state index in [0.717, 1.165) is 12.8 Å². The molecule has 39 heavy (non-hydrogen) atoms. The molecule has 0 radical (unpaired) electrons. The zero-order chi connectivity index (χ0) is 27.2. The fraction of sp³-hybridized carbons (Fsp3) is 0.407. The van der Waals surface area contributed by atoms with Crippen molar-refractivity contribution in [3.8, 4) is 22.9 Å². The number of carbonyl (C=O) groups excluding carboxylic acids is 2. The monoisotopic (exact) mass is 537 g/mol. The molecule has 202 valence electrons. The van der Waals surface area contributed by atoms with Gasteiger partial charge in [0.15, 0.2) is 17.2 Å². The van der Waals surface area contributed by atoms with Gasteiger partial charge >= 0.3 is 5.97 Å². The molecule has 7 rings (SSSR count). The predicted molar refractivity (Wildman–Crippen MR) is 131 cm³/mol. The molecule has 3 aliphatic heterocycles. The van der Waals surface area contributed by atoms with E-state index >= 15 is 4.39 Å². The van der Waals surface area contributed by atoms with Crippen molar-refractivity contribution in [2.45, 2.75) is 57.6 Å². The van der Waals surface area contributed by atoms with Gasteiger partial charge in [0.2, 0.25) is 18.4 Å². The number of carbonyl (C=O) groups is 2. The minimum atomic E-state index is -1.99. The molecule has 2 aromatic heterocycles. The van der Waals surface area contributed by atoms with Crippen LogP contribution in [0.15, 0.2) is 16.9 Å². The van der Waals surface area contributed by atoms with Crippen LogP contribution in [0, 0.1) is 11.7 Å². The van der Waals surface area contributed by atoms with E-state index in [4.69, 9.17) is 14.2 Å². The Balaban J connectivity index is 1.43. The van der Waals surface area contributed by atoms with E-state index in [2.05, 4.69) is 10.3 Å². The number of fused-ring (bicyclic) bond motifs is 6. The number of pyridine rings is 2. The van der Waals surface area contributed by atoms with Gasteiger partial charge in [-0.15, -0.1) is 0 Å². The van der Waals surface area contributed by atoms with Gasteiger partial charge in [-0.25, -0.2) is 14.2 Å². The molecule has 1 fully saturated rings. The van der Waals surface area contributed by atoms with Gasteiger partial charge in [-0.2, -0.15) is 0 Å². The Labute approximate surface area is 220 Å². The number of ether oxygens (including phenoxy) is 3. The highest BCUT2D eigenvalue weighted by molar-refractivity contribution is 5.92. The Hall–Kier alpha value is -4.03. The van der Waals surface area contributed by atoms with Crippen molar-refractivity contribution in [1.82, 2.24) is 14.9 Å². The third-order valence-electron chi connectivity index (χ3n) is 8.15. The summed E-state index contributed by atoms with van der Waals surface area (Å²) in [6.45, 7) is 1.06. The van der Waals surface area contributed by atoms with Gasteiger partial charge < -0.3 is 34.3 Å². The molecule has 12 heteroatoms. The van der Waals surface area contributed by atoms with Crippen molar-refractivity contribution >= 4 is 22.8 Å². The molecular formula is C27H24FN3O8. The molecule has 0 saturated heterocycles. The van der Waals surface area contributed by atoms with Crippen LogP contribution < -0.4 is 20.3 Å². The smallest absolute Gasteiger partial charge is 0.343 e. The Morgan fingerprint density at radius 3 is 2.79 bits per heavy atom. The Kier molecular flexibility index (Phi) is 5.08. The third-order valence-corrected chi connectivity index (χ3v) is 8.15. The molecule has 1 saturated carbocycles. The van der Waals surface area contributed by atoms with E-state index in [1.165, 1.54) is 10.6 Å². The van der Waals surface area contributed by atoms with E-state index in [1.807, 2.05) is 0 Å². The summed E-state index contributed by atoms with van der Waals surface area (Å²) in [6.07, 6.45) is 0.362. The summed E-state index contributed by atoms with van der Waals surface area (Å²) in [4.78, 5) is 43.4. The van der Waals surface area contributed by atoms with E-state index in [9.17, 15) is 24.6 Å². The first-order valence-electron chi connectivity index (χ1n) is 12.8. The average Bonchev–Trinajstić information content (AvgIpc) is 3.56. The number of esters is 1. The molecule has 0 unspecified atom stereocenters. The molecule has 1 aromatic carbocycles. The fourth-order valence-electron chi connectivity index (χ4n) is 5.74. The number of hydrogen-bond acceptors (Lipinski definition) is 9. The zero-order valence-corrected chi connectivity index (χ0v) is 20.9. The van der Waals surface area contributed by atoms with E-state index in [-0.39, 0.29) is 72.4 Å². The maximum atomic E-state index is 15.8. The summed E-state index contributed by atoms with van der Waals surface area (Å²) < 4.78 is 33.1. The van der Waals surface area contributed by atoms with Gasteiger partial charge in [0.05, 0.1) is 29.0 Å². The maximum Gasteiger partial charge on any atom is 0.343 e. The lowest BCUT2D eigenvalue weighted by molar-refractivity contribution is -0.172. The van der Waals surface area contributed by atoms with Gasteiger partial charge in [-0.05, 0) is 36.8 Å². The van der Waals surface area contributed by atoms with E-state index < -0.39 is 35.0 Å². The maximum absolute atomic E-state index is 15.8. The number of halogens is 1. The van der Waals surface area contributed by atoms with Crippen molar-refractivity contribution < 1.29 is 38.4 Å². The molecule has 5 heterocycles. The van der Waals surface area contributed by atoms with Crippen LogP contribution in [0.1, 0.15) is 48.4 Å². The number of nitrogens with zero attached hydrogens (tertiary/aromatic N) is 2. The van der Waals surface area contributed by atoms with E-state index in [0.29, 0.717) is 22.5 Å². The molecule has 4 aliphatic rings. The van der Waals surface area contributed by atoms with Crippen LogP contribution in [0.2, 0.25) is 0 Å². The third kappa shape index (κ3) is 3.34. The van der Waals surface area contributed by atoms with Crippen molar-refractivity contribution in [2.75, 3.05) is 6.79 Å². The Morgan fingerprint density at radius 1 is 1.26 bits per heavy atom. The highest BCUT2D eigenvalue weighted by atomic mass is 19.1.